The molecule has 1 aromatic heterocycles. The maximum atomic E-state index is 12.0. The van der Waals surface area contributed by atoms with Gasteiger partial charge in [0, 0.05) is 13.1 Å². The fraction of sp³-hybridized carbons (Fsp3) is 0.250. The van der Waals surface area contributed by atoms with E-state index in [1.807, 2.05) is 0 Å². The van der Waals surface area contributed by atoms with Gasteiger partial charge in [0.05, 0.1) is 30.3 Å². The van der Waals surface area contributed by atoms with Crippen molar-refractivity contribution >= 4 is 17.5 Å². The smallest absolute Gasteiger partial charge is 0.273 e. The minimum absolute atomic E-state index is 0.129. The number of nitro groups is 1. The monoisotopic (exact) mass is 347 g/mol. The highest BCUT2D eigenvalue weighted by molar-refractivity contribution is 5.85. The van der Waals surface area contributed by atoms with E-state index in [1.165, 1.54) is 42.5 Å². The third kappa shape index (κ3) is 5.65. The van der Waals surface area contributed by atoms with Crippen molar-refractivity contribution in [1.29, 1.82) is 0 Å². The van der Waals surface area contributed by atoms with Gasteiger partial charge in [0.25, 0.3) is 11.6 Å². The highest BCUT2D eigenvalue weighted by atomic mass is 16.6. The first-order chi connectivity index (χ1) is 12.0. The first kappa shape index (κ1) is 18.0. The van der Waals surface area contributed by atoms with Gasteiger partial charge in [0.1, 0.15) is 11.5 Å². The largest absolute Gasteiger partial charge is 0.484 e. The number of nitrogens with one attached hydrogen (secondary N) is 1. The van der Waals surface area contributed by atoms with E-state index in [-0.39, 0.29) is 37.0 Å². The molecule has 0 saturated heterocycles. The summed E-state index contributed by atoms with van der Waals surface area (Å²) in [6.45, 7) is -0.237. The van der Waals surface area contributed by atoms with Crippen molar-refractivity contribution in [2.45, 2.75) is 6.54 Å². The molecule has 9 heteroatoms. The summed E-state index contributed by atoms with van der Waals surface area (Å²) in [7, 11) is 1.46. The fourth-order valence-electron chi connectivity index (χ4n) is 1.90. The number of furan rings is 1. The van der Waals surface area contributed by atoms with Crippen LogP contribution in [0.25, 0.3) is 0 Å². The van der Waals surface area contributed by atoms with E-state index in [0.717, 1.165) is 0 Å². The molecule has 0 aliphatic heterocycles. The van der Waals surface area contributed by atoms with E-state index in [2.05, 4.69) is 5.32 Å². The van der Waals surface area contributed by atoms with Gasteiger partial charge in [-0.05, 0) is 18.2 Å². The van der Waals surface area contributed by atoms with Gasteiger partial charge >= 0.3 is 0 Å². The SMILES string of the molecule is CN(CC(=O)NCc1ccco1)C(=O)COc1cccc([N+](=O)[O-])c1. The van der Waals surface area contributed by atoms with Gasteiger partial charge in [-0.3, -0.25) is 19.7 Å². The number of ether oxygens (including phenoxy) is 1. The molecule has 2 aromatic rings. The number of amides is 2. The predicted molar refractivity (Wildman–Crippen MR) is 86.8 cm³/mol. The van der Waals surface area contributed by atoms with Crippen LogP contribution in [0.3, 0.4) is 0 Å². The molecule has 0 bridgehead atoms. The van der Waals surface area contributed by atoms with Crippen molar-refractivity contribution in [2.75, 3.05) is 20.2 Å². The number of carbonyl (C=O) groups is 2. The van der Waals surface area contributed by atoms with E-state index in [0.29, 0.717) is 5.76 Å². The Bertz CT molecular complexity index is 744. The van der Waals surface area contributed by atoms with Gasteiger partial charge in [0.15, 0.2) is 6.61 Å². The van der Waals surface area contributed by atoms with Gasteiger partial charge in [-0.2, -0.15) is 0 Å². The Morgan fingerprint density at radius 1 is 1.32 bits per heavy atom. The van der Waals surface area contributed by atoms with Crippen molar-refractivity contribution in [3.05, 3.63) is 58.5 Å². The second kappa shape index (κ2) is 8.48. The summed E-state index contributed by atoms with van der Waals surface area (Å²) in [5.74, 6) is 0.0387. The number of hydrogen-bond donors (Lipinski definition) is 1. The lowest BCUT2D eigenvalue weighted by molar-refractivity contribution is -0.384. The summed E-state index contributed by atoms with van der Waals surface area (Å²) in [6.07, 6.45) is 1.50. The van der Waals surface area contributed by atoms with Crippen LogP contribution in [-0.4, -0.2) is 41.8 Å². The molecule has 0 fully saturated rings. The molecule has 1 heterocycles. The molecule has 2 rings (SSSR count). The average Bonchev–Trinajstić information content (AvgIpc) is 3.11. The first-order valence-electron chi connectivity index (χ1n) is 7.36. The molecule has 0 spiro atoms. The Labute approximate surface area is 143 Å². The molecule has 0 aliphatic rings. The fourth-order valence-corrected chi connectivity index (χ4v) is 1.90. The Morgan fingerprint density at radius 2 is 2.12 bits per heavy atom. The van der Waals surface area contributed by atoms with E-state index >= 15 is 0 Å². The topological polar surface area (TPSA) is 115 Å². The second-order valence-corrected chi connectivity index (χ2v) is 5.15. The molecule has 25 heavy (non-hydrogen) atoms. The third-order valence-corrected chi connectivity index (χ3v) is 3.24. The summed E-state index contributed by atoms with van der Waals surface area (Å²) in [5, 5.41) is 13.3. The zero-order valence-electron chi connectivity index (χ0n) is 13.5. The number of nitro benzene ring substituents is 1. The number of benzene rings is 1. The van der Waals surface area contributed by atoms with Gasteiger partial charge in [-0.1, -0.05) is 6.07 Å². The maximum Gasteiger partial charge on any atom is 0.273 e. The molecule has 0 aliphatic carbocycles. The van der Waals surface area contributed by atoms with Crippen LogP contribution in [-0.2, 0) is 16.1 Å². The molecule has 132 valence electrons. The van der Waals surface area contributed by atoms with Crippen molar-refractivity contribution in [2.24, 2.45) is 0 Å². The van der Waals surface area contributed by atoms with Gasteiger partial charge in [-0.15, -0.1) is 0 Å². The quantitative estimate of drug-likeness (QED) is 0.569. The number of carbonyl (C=O) groups excluding carboxylic acids is 2. The number of non-ortho nitro benzene ring substituents is 1. The Balaban J connectivity index is 1.76. The highest BCUT2D eigenvalue weighted by Crippen LogP contribution is 2.18. The van der Waals surface area contributed by atoms with Crippen molar-refractivity contribution < 1.29 is 23.7 Å². The number of rotatable bonds is 8. The van der Waals surface area contributed by atoms with Crippen LogP contribution in [0.15, 0.2) is 47.1 Å². The van der Waals surface area contributed by atoms with Crippen LogP contribution in [0.4, 0.5) is 5.69 Å². The molecule has 0 atom stereocenters. The summed E-state index contributed by atoms with van der Waals surface area (Å²) in [6, 6.07) is 8.96. The maximum absolute atomic E-state index is 12.0. The second-order valence-electron chi connectivity index (χ2n) is 5.15. The highest BCUT2D eigenvalue weighted by Gasteiger charge is 2.14. The van der Waals surface area contributed by atoms with Crippen molar-refractivity contribution in [3.63, 3.8) is 0 Å². The summed E-state index contributed by atoms with van der Waals surface area (Å²) in [4.78, 5) is 35.1. The van der Waals surface area contributed by atoms with Crippen molar-refractivity contribution in [3.8, 4) is 5.75 Å². The molecular weight excluding hydrogens is 330 g/mol. The molecule has 1 N–H and O–H groups in total. The van der Waals surface area contributed by atoms with Crippen LogP contribution >= 0.6 is 0 Å². The van der Waals surface area contributed by atoms with Crippen LogP contribution in [0.1, 0.15) is 5.76 Å². The van der Waals surface area contributed by atoms with E-state index < -0.39 is 10.8 Å². The zero-order valence-corrected chi connectivity index (χ0v) is 13.5. The van der Waals surface area contributed by atoms with Gasteiger partial charge in [-0.25, -0.2) is 0 Å². The zero-order chi connectivity index (χ0) is 18.2. The Morgan fingerprint density at radius 3 is 2.80 bits per heavy atom. The van der Waals surface area contributed by atoms with E-state index in [9.17, 15) is 19.7 Å². The summed E-state index contributed by atoms with van der Waals surface area (Å²) < 4.78 is 10.3. The van der Waals surface area contributed by atoms with Gasteiger partial charge < -0.3 is 19.4 Å². The number of nitrogens with zero attached hydrogens (tertiary/aromatic N) is 2. The molecule has 0 saturated carbocycles. The van der Waals surface area contributed by atoms with Crippen molar-refractivity contribution in [1.82, 2.24) is 10.2 Å². The Hall–Kier alpha value is -3.36. The average molecular weight is 347 g/mol. The number of hydrogen-bond acceptors (Lipinski definition) is 6. The van der Waals surface area contributed by atoms with Crippen LogP contribution in [0.5, 0.6) is 5.75 Å². The van der Waals surface area contributed by atoms with Crippen LogP contribution in [0.2, 0.25) is 0 Å². The standard InChI is InChI=1S/C16H17N3O6/c1-18(10-15(20)17-9-14-6-3-7-24-14)16(21)11-25-13-5-2-4-12(8-13)19(22)23/h2-8H,9-11H2,1H3,(H,17,20). The molecule has 0 unspecified atom stereocenters. The lowest BCUT2D eigenvalue weighted by Gasteiger charge is -2.17. The lowest BCUT2D eigenvalue weighted by atomic mass is 10.3. The Kier molecular flexibility index (Phi) is 6.10. The first-order valence-corrected chi connectivity index (χ1v) is 7.36. The molecule has 0 radical (unpaired) electrons. The molecule has 1 aromatic carbocycles. The molecular formula is C16H17N3O6. The summed E-state index contributed by atoms with van der Waals surface area (Å²) >= 11 is 0. The normalized spacial score (nSPS) is 10.1. The third-order valence-electron chi connectivity index (χ3n) is 3.24. The van der Waals surface area contributed by atoms with E-state index in [4.69, 9.17) is 9.15 Å². The molecule has 2 amide bonds. The number of likely N-dealkylation sites (N-methyl/N-ethyl adjacent to an activating group) is 1. The predicted octanol–water partition coefficient (Wildman–Crippen LogP) is 1.34. The van der Waals surface area contributed by atoms with Gasteiger partial charge in [0.2, 0.25) is 5.91 Å². The van der Waals surface area contributed by atoms with E-state index in [1.54, 1.807) is 12.1 Å². The molecule has 9 nitrogen and oxygen atoms in total. The van der Waals surface area contributed by atoms with Crippen LogP contribution in [0, 0.1) is 10.1 Å². The summed E-state index contributed by atoms with van der Waals surface area (Å²) in [5.41, 5.74) is -0.129. The lowest BCUT2D eigenvalue weighted by Crippen LogP contribution is -2.40. The van der Waals surface area contributed by atoms with Crippen LogP contribution < -0.4 is 10.1 Å². The minimum atomic E-state index is -0.551. The minimum Gasteiger partial charge on any atom is -0.484 e.